The van der Waals surface area contributed by atoms with Crippen LogP contribution in [-0.4, -0.2) is 20.1 Å². The Morgan fingerprint density at radius 3 is 2.36 bits per heavy atom. The van der Waals surface area contributed by atoms with Gasteiger partial charge in [0.15, 0.2) is 0 Å². The molecule has 3 rings (SSSR count). The minimum absolute atomic E-state index is 0.0983. The van der Waals surface area contributed by atoms with Crippen LogP contribution in [-0.2, 0) is 4.79 Å². The fourth-order valence-corrected chi connectivity index (χ4v) is 2.87. The molecule has 1 N–H and O–H groups in total. The number of anilines is 1. The normalized spacial score (nSPS) is 14.7. The topological polar surface area (TPSA) is 47.6 Å². The highest BCUT2D eigenvalue weighted by atomic mass is 127. The lowest BCUT2D eigenvalue weighted by Gasteiger charge is -2.06. The molecule has 2 aromatic carbocycles. The molecule has 1 aliphatic heterocycles. The van der Waals surface area contributed by atoms with Crippen molar-refractivity contribution in [2.24, 2.45) is 0 Å². The molecule has 2 aromatic rings. The van der Waals surface area contributed by atoms with Gasteiger partial charge >= 0.3 is 0 Å². The lowest BCUT2D eigenvalue weighted by molar-refractivity contribution is -0.110. The van der Waals surface area contributed by atoms with Crippen molar-refractivity contribution in [2.75, 3.05) is 19.5 Å². The second kappa shape index (κ2) is 6.00. The van der Waals surface area contributed by atoms with E-state index >= 15 is 0 Å². The zero-order chi connectivity index (χ0) is 15.7. The third kappa shape index (κ3) is 2.81. The zero-order valence-electron chi connectivity index (χ0n) is 12.1. The van der Waals surface area contributed by atoms with Gasteiger partial charge in [0.05, 0.1) is 14.2 Å². The van der Waals surface area contributed by atoms with Crippen molar-refractivity contribution < 1.29 is 14.3 Å². The van der Waals surface area contributed by atoms with Gasteiger partial charge in [0, 0.05) is 26.5 Å². The Morgan fingerprint density at radius 2 is 1.73 bits per heavy atom. The van der Waals surface area contributed by atoms with E-state index in [0.29, 0.717) is 17.1 Å². The van der Waals surface area contributed by atoms with Crippen LogP contribution in [0.4, 0.5) is 5.69 Å². The molecular formula is C17H14INO3. The molecule has 0 atom stereocenters. The standard InChI is InChI=1S/C17H14INO3/c1-21-12-5-10(6-13(9-12)22-2)7-15-14-8-11(18)3-4-16(14)19-17(15)20/h3-9H,1-2H3,(H,19,20). The summed E-state index contributed by atoms with van der Waals surface area (Å²) < 4.78 is 11.6. The predicted molar refractivity (Wildman–Crippen MR) is 95.2 cm³/mol. The smallest absolute Gasteiger partial charge is 0.256 e. The number of nitrogens with one attached hydrogen (secondary N) is 1. The van der Waals surface area contributed by atoms with E-state index in [1.165, 1.54) is 0 Å². The summed E-state index contributed by atoms with van der Waals surface area (Å²) in [4.78, 5) is 12.2. The van der Waals surface area contributed by atoms with Gasteiger partial charge in [0.2, 0.25) is 0 Å². The molecule has 112 valence electrons. The largest absolute Gasteiger partial charge is 0.497 e. The molecule has 22 heavy (non-hydrogen) atoms. The number of amides is 1. The number of carbonyl (C=O) groups is 1. The monoisotopic (exact) mass is 407 g/mol. The number of hydrogen-bond acceptors (Lipinski definition) is 3. The van der Waals surface area contributed by atoms with Crippen LogP contribution in [0.25, 0.3) is 11.6 Å². The lowest BCUT2D eigenvalue weighted by Crippen LogP contribution is -2.03. The summed E-state index contributed by atoms with van der Waals surface area (Å²) in [6.45, 7) is 0. The quantitative estimate of drug-likeness (QED) is 0.622. The summed E-state index contributed by atoms with van der Waals surface area (Å²) in [5, 5.41) is 2.88. The van der Waals surface area contributed by atoms with Gasteiger partial charge in [-0.25, -0.2) is 0 Å². The molecule has 0 bridgehead atoms. The number of carbonyl (C=O) groups excluding carboxylic acids is 1. The maximum Gasteiger partial charge on any atom is 0.256 e. The van der Waals surface area contributed by atoms with Gasteiger partial charge in [-0.15, -0.1) is 0 Å². The fraction of sp³-hybridized carbons (Fsp3) is 0.118. The second-order valence-corrected chi connectivity index (χ2v) is 6.09. The van der Waals surface area contributed by atoms with Crippen molar-refractivity contribution in [1.82, 2.24) is 0 Å². The zero-order valence-corrected chi connectivity index (χ0v) is 14.3. The average Bonchev–Trinajstić information content (AvgIpc) is 2.82. The van der Waals surface area contributed by atoms with Crippen LogP contribution in [0.3, 0.4) is 0 Å². The summed E-state index contributed by atoms with van der Waals surface area (Å²) >= 11 is 2.24. The fourth-order valence-electron chi connectivity index (χ4n) is 2.38. The summed E-state index contributed by atoms with van der Waals surface area (Å²) in [6, 6.07) is 11.4. The molecule has 1 aliphatic rings. The predicted octanol–water partition coefficient (Wildman–Crippen LogP) is 3.80. The molecule has 1 heterocycles. The highest BCUT2D eigenvalue weighted by molar-refractivity contribution is 14.1. The van der Waals surface area contributed by atoms with Crippen molar-refractivity contribution in [3.05, 3.63) is 51.1 Å². The summed E-state index contributed by atoms with van der Waals surface area (Å²) in [6.07, 6.45) is 1.85. The highest BCUT2D eigenvalue weighted by Crippen LogP contribution is 2.35. The van der Waals surface area contributed by atoms with Crippen LogP contribution in [0.2, 0.25) is 0 Å². The van der Waals surface area contributed by atoms with Gasteiger partial charge in [-0.1, -0.05) is 0 Å². The first kappa shape index (κ1) is 14.9. The Labute approximate surface area is 142 Å². The van der Waals surface area contributed by atoms with E-state index in [1.54, 1.807) is 20.3 Å². The Balaban J connectivity index is 2.10. The van der Waals surface area contributed by atoms with Crippen LogP contribution in [0.15, 0.2) is 36.4 Å². The number of halogens is 1. The number of rotatable bonds is 3. The molecular weight excluding hydrogens is 393 g/mol. The molecule has 4 nitrogen and oxygen atoms in total. The molecule has 0 fully saturated rings. The van der Waals surface area contributed by atoms with Crippen LogP contribution in [0.1, 0.15) is 11.1 Å². The number of fused-ring (bicyclic) bond motifs is 1. The molecule has 0 radical (unpaired) electrons. The number of hydrogen-bond donors (Lipinski definition) is 1. The molecule has 0 saturated carbocycles. The molecule has 0 spiro atoms. The van der Waals surface area contributed by atoms with Gasteiger partial charge < -0.3 is 14.8 Å². The van der Waals surface area contributed by atoms with E-state index in [1.807, 2.05) is 36.4 Å². The second-order valence-electron chi connectivity index (χ2n) is 4.85. The number of methoxy groups -OCH3 is 2. The molecule has 0 unspecified atom stereocenters. The Hall–Kier alpha value is -2.02. The lowest BCUT2D eigenvalue weighted by atomic mass is 10.0. The first-order chi connectivity index (χ1) is 10.6. The third-order valence-corrected chi connectivity index (χ3v) is 4.12. The van der Waals surface area contributed by atoms with E-state index < -0.39 is 0 Å². The SMILES string of the molecule is COc1cc(C=C2C(=O)Nc3ccc(I)cc32)cc(OC)c1. The van der Waals surface area contributed by atoms with Gasteiger partial charge in [-0.2, -0.15) is 0 Å². The molecule has 0 aliphatic carbocycles. The van der Waals surface area contributed by atoms with Crippen molar-refractivity contribution >= 4 is 45.8 Å². The maximum absolute atomic E-state index is 12.2. The third-order valence-electron chi connectivity index (χ3n) is 3.45. The van der Waals surface area contributed by atoms with Gasteiger partial charge in [-0.3, -0.25) is 4.79 Å². The van der Waals surface area contributed by atoms with Crippen molar-refractivity contribution in [1.29, 1.82) is 0 Å². The Bertz CT molecular complexity index is 761. The Morgan fingerprint density at radius 1 is 1.05 bits per heavy atom. The highest BCUT2D eigenvalue weighted by Gasteiger charge is 2.24. The van der Waals surface area contributed by atoms with Crippen LogP contribution >= 0.6 is 22.6 Å². The Kier molecular flexibility index (Phi) is 4.06. The summed E-state index contributed by atoms with van der Waals surface area (Å²) in [7, 11) is 3.21. The maximum atomic E-state index is 12.2. The minimum atomic E-state index is -0.0983. The summed E-state index contributed by atoms with van der Waals surface area (Å²) in [5.41, 5.74) is 3.25. The van der Waals surface area contributed by atoms with Crippen LogP contribution in [0, 0.1) is 3.57 Å². The van der Waals surface area contributed by atoms with E-state index in [9.17, 15) is 4.79 Å². The first-order valence-electron chi connectivity index (χ1n) is 6.67. The average molecular weight is 407 g/mol. The van der Waals surface area contributed by atoms with Gasteiger partial charge in [-0.05, 0) is 64.6 Å². The van der Waals surface area contributed by atoms with E-state index in [4.69, 9.17) is 9.47 Å². The van der Waals surface area contributed by atoms with Gasteiger partial charge in [0.25, 0.3) is 5.91 Å². The van der Waals surface area contributed by atoms with Gasteiger partial charge in [0.1, 0.15) is 11.5 Å². The molecule has 1 amide bonds. The first-order valence-corrected chi connectivity index (χ1v) is 7.74. The van der Waals surface area contributed by atoms with E-state index in [2.05, 4.69) is 27.9 Å². The molecule has 5 heteroatoms. The molecule has 0 saturated heterocycles. The van der Waals surface area contributed by atoms with Crippen molar-refractivity contribution in [3.63, 3.8) is 0 Å². The van der Waals surface area contributed by atoms with Crippen LogP contribution in [0.5, 0.6) is 11.5 Å². The van der Waals surface area contributed by atoms with Crippen LogP contribution < -0.4 is 14.8 Å². The van der Waals surface area contributed by atoms with Crippen molar-refractivity contribution in [3.8, 4) is 11.5 Å². The number of benzene rings is 2. The number of ether oxygens (including phenoxy) is 2. The molecule has 0 aromatic heterocycles. The van der Waals surface area contributed by atoms with E-state index in [0.717, 1.165) is 20.4 Å². The summed E-state index contributed by atoms with van der Waals surface area (Å²) in [5.74, 6) is 1.28. The van der Waals surface area contributed by atoms with E-state index in [-0.39, 0.29) is 5.91 Å². The minimum Gasteiger partial charge on any atom is -0.497 e. The van der Waals surface area contributed by atoms with Crippen molar-refractivity contribution in [2.45, 2.75) is 0 Å².